The molecule has 0 aliphatic heterocycles. The number of nitriles is 1. The van der Waals surface area contributed by atoms with E-state index in [0.29, 0.717) is 17.2 Å². The molecule has 0 radical (unpaired) electrons. The first-order valence-corrected chi connectivity index (χ1v) is 9.50. The third kappa shape index (κ3) is 3.39. The normalized spacial score (nSPS) is 13.6. The summed E-state index contributed by atoms with van der Waals surface area (Å²) in [5.41, 5.74) is 5.10. The highest BCUT2D eigenvalue weighted by molar-refractivity contribution is 6.08. The second-order valence-electron chi connectivity index (χ2n) is 7.29. The monoisotopic (exact) mass is 357 g/mol. The second-order valence-corrected chi connectivity index (χ2v) is 7.29. The Morgan fingerprint density at radius 3 is 2.59 bits per heavy atom. The Balaban J connectivity index is 1.42. The molecule has 1 aliphatic carbocycles. The Kier molecular flexibility index (Phi) is 4.79. The van der Waals surface area contributed by atoms with Crippen LogP contribution in [0.15, 0.2) is 48.7 Å². The van der Waals surface area contributed by atoms with Gasteiger partial charge in [-0.2, -0.15) is 5.26 Å². The van der Waals surface area contributed by atoms with Gasteiger partial charge in [0.15, 0.2) is 5.78 Å². The lowest BCUT2D eigenvalue weighted by Gasteiger charge is -2.12. The number of aromatic nitrogens is 1. The van der Waals surface area contributed by atoms with Crippen molar-refractivity contribution in [1.29, 1.82) is 5.26 Å². The van der Waals surface area contributed by atoms with Gasteiger partial charge in [-0.15, -0.1) is 0 Å². The lowest BCUT2D eigenvalue weighted by Crippen LogP contribution is -2.30. The molecule has 0 bridgehead atoms. The fourth-order valence-electron chi connectivity index (χ4n) is 4.17. The van der Waals surface area contributed by atoms with Crippen LogP contribution in [0.5, 0.6) is 0 Å². The number of Topliss-reactive ketones (excluding diaryl/α,β-unsaturated/α-hetero) is 1. The van der Waals surface area contributed by atoms with E-state index in [1.165, 1.54) is 11.1 Å². The van der Waals surface area contributed by atoms with E-state index in [1.54, 1.807) is 6.92 Å². The number of fused-ring (bicyclic) bond motifs is 2. The standard InChI is InChI=1S/C23H23N3O/c1-16(27)22-15-26(23-19(14-24)8-4-9-21(22)23)11-5-10-25-20-12-17-6-2-3-7-18(17)13-20/h2-4,6-9,15,20,25H,5,10-13H2,1H3. The number of ketones is 1. The predicted octanol–water partition coefficient (Wildman–Crippen LogP) is 3.86. The van der Waals surface area contributed by atoms with Crippen LogP contribution in [0.25, 0.3) is 10.9 Å². The third-order valence-electron chi connectivity index (χ3n) is 5.46. The zero-order valence-corrected chi connectivity index (χ0v) is 15.5. The van der Waals surface area contributed by atoms with Crippen molar-refractivity contribution in [2.24, 2.45) is 0 Å². The maximum atomic E-state index is 12.0. The minimum atomic E-state index is 0.0377. The molecule has 1 heterocycles. The van der Waals surface area contributed by atoms with E-state index in [9.17, 15) is 10.1 Å². The van der Waals surface area contributed by atoms with Crippen molar-refractivity contribution in [2.75, 3.05) is 6.54 Å². The molecular formula is C23H23N3O. The minimum absolute atomic E-state index is 0.0377. The largest absolute Gasteiger partial charge is 0.346 e. The Morgan fingerprint density at radius 2 is 1.93 bits per heavy atom. The molecule has 0 fully saturated rings. The zero-order valence-electron chi connectivity index (χ0n) is 15.5. The number of nitrogens with zero attached hydrogens (tertiary/aromatic N) is 2. The summed E-state index contributed by atoms with van der Waals surface area (Å²) in [6, 6.07) is 17.0. The highest BCUT2D eigenvalue weighted by Gasteiger charge is 2.20. The Morgan fingerprint density at radius 1 is 1.19 bits per heavy atom. The average Bonchev–Trinajstić information content (AvgIpc) is 3.26. The van der Waals surface area contributed by atoms with Gasteiger partial charge in [0.1, 0.15) is 6.07 Å². The smallest absolute Gasteiger partial charge is 0.161 e. The van der Waals surface area contributed by atoms with E-state index in [0.717, 1.165) is 43.3 Å². The maximum Gasteiger partial charge on any atom is 0.161 e. The second kappa shape index (κ2) is 7.38. The molecule has 0 spiro atoms. The number of nitrogens with one attached hydrogen (secondary N) is 1. The molecule has 136 valence electrons. The molecule has 1 aromatic heterocycles. The molecule has 0 unspecified atom stereocenters. The number of hydrogen-bond donors (Lipinski definition) is 1. The van der Waals surface area contributed by atoms with Crippen LogP contribution in [-0.4, -0.2) is 22.9 Å². The van der Waals surface area contributed by atoms with Gasteiger partial charge in [-0.1, -0.05) is 36.4 Å². The third-order valence-corrected chi connectivity index (χ3v) is 5.46. The topological polar surface area (TPSA) is 57.8 Å². The van der Waals surface area contributed by atoms with Gasteiger partial charge in [-0.25, -0.2) is 0 Å². The molecule has 4 nitrogen and oxygen atoms in total. The molecule has 0 saturated heterocycles. The van der Waals surface area contributed by atoms with Crippen LogP contribution in [-0.2, 0) is 19.4 Å². The van der Waals surface area contributed by atoms with Crippen LogP contribution in [0.3, 0.4) is 0 Å². The Hall–Kier alpha value is -2.90. The van der Waals surface area contributed by atoms with Gasteiger partial charge in [-0.05, 0) is 49.9 Å². The van der Waals surface area contributed by atoms with Gasteiger partial charge in [0.05, 0.1) is 11.1 Å². The number of hydrogen-bond acceptors (Lipinski definition) is 3. The lowest BCUT2D eigenvalue weighted by atomic mass is 10.1. The molecular weight excluding hydrogens is 334 g/mol. The molecule has 1 aliphatic rings. The molecule has 4 heteroatoms. The SMILES string of the molecule is CC(=O)c1cn(CCCNC2Cc3ccccc3C2)c2c(C#N)cccc12. The number of carbonyl (C=O) groups excluding carboxylic acids is 1. The van der Waals surface area contributed by atoms with Crippen LogP contribution in [0, 0.1) is 11.3 Å². The number of rotatable bonds is 6. The number of benzene rings is 2. The number of aryl methyl sites for hydroxylation is 1. The summed E-state index contributed by atoms with van der Waals surface area (Å²) in [4.78, 5) is 12.0. The van der Waals surface area contributed by atoms with Gasteiger partial charge < -0.3 is 9.88 Å². The number of carbonyl (C=O) groups is 1. The van der Waals surface area contributed by atoms with Gasteiger partial charge in [-0.3, -0.25) is 4.79 Å². The molecule has 4 rings (SSSR count). The van der Waals surface area contributed by atoms with Gasteiger partial charge in [0.2, 0.25) is 0 Å². The Labute approximate surface area is 159 Å². The van der Waals surface area contributed by atoms with E-state index in [2.05, 4.69) is 40.2 Å². The van der Waals surface area contributed by atoms with Crippen LogP contribution in [0.4, 0.5) is 0 Å². The molecule has 27 heavy (non-hydrogen) atoms. The van der Waals surface area contributed by atoms with Crippen molar-refractivity contribution >= 4 is 16.7 Å². The highest BCUT2D eigenvalue weighted by atomic mass is 16.1. The van der Waals surface area contributed by atoms with Crippen LogP contribution in [0.1, 0.15) is 40.4 Å². The fourth-order valence-corrected chi connectivity index (χ4v) is 4.17. The van der Waals surface area contributed by atoms with E-state index in [-0.39, 0.29) is 5.78 Å². The van der Waals surface area contributed by atoms with Crippen molar-refractivity contribution in [1.82, 2.24) is 9.88 Å². The summed E-state index contributed by atoms with van der Waals surface area (Å²) in [5.74, 6) is 0.0377. The summed E-state index contributed by atoms with van der Waals surface area (Å²) in [6.45, 7) is 3.29. The van der Waals surface area contributed by atoms with E-state index in [1.807, 2.05) is 24.4 Å². The molecule has 3 aromatic rings. The van der Waals surface area contributed by atoms with Gasteiger partial charge in [0.25, 0.3) is 0 Å². The summed E-state index contributed by atoms with van der Waals surface area (Å²) in [7, 11) is 0. The van der Waals surface area contributed by atoms with E-state index >= 15 is 0 Å². The van der Waals surface area contributed by atoms with Crippen molar-refractivity contribution in [2.45, 2.75) is 38.8 Å². The molecule has 0 amide bonds. The lowest BCUT2D eigenvalue weighted by molar-refractivity contribution is 0.101. The van der Waals surface area contributed by atoms with Crippen molar-refractivity contribution in [3.05, 3.63) is 70.9 Å². The summed E-state index contributed by atoms with van der Waals surface area (Å²) in [6.07, 6.45) is 5.04. The zero-order chi connectivity index (χ0) is 18.8. The van der Waals surface area contributed by atoms with E-state index < -0.39 is 0 Å². The summed E-state index contributed by atoms with van der Waals surface area (Å²) < 4.78 is 2.07. The summed E-state index contributed by atoms with van der Waals surface area (Å²) >= 11 is 0. The van der Waals surface area contributed by atoms with E-state index in [4.69, 9.17) is 0 Å². The number of para-hydroxylation sites is 1. The average molecular weight is 357 g/mol. The Bertz CT molecular complexity index is 1020. The van der Waals surface area contributed by atoms with Crippen LogP contribution in [0.2, 0.25) is 0 Å². The fraction of sp³-hybridized carbons (Fsp3) is 0.304. The molecule has 0 atom stereocenters. The van der Waals surface area contributed by atoms with Crippen molar-refractivity contribution in [3.63, 3.8) is 0 Å². The minimum Gasteiger partial charge on any atom is -0.346 e. The first-order valence-electron chi connectivity index (χ1n) is 9.50. The first-order chi connectivity index (χ1) is 13.2. The summed E-state index contributed by atoms with van der Waals surface area (Å²) in [5, 5.41) is 14.0. The van der Waals surface area contributed by atoms with Crippen LogP contribution < -0.4 is 5.32 Å². The highest BCUT2D eigenvalue weighted by Crippen LogP contribution is 2.25. The quantitative estimate of drug-likeness (QED) is 0.538. The first kappa shape index (κ1) is 17.5. The predicted molar refractivity (Wildman–Crippen MR) is 107 cm³/mol. The van der Waals surface area contributed by atoms with Crippen molar-refractivity contribution < 1.29 is 4.79 Å². The maximum absolute atomic E-state index is 12.0. The van der Waals surface area contributed by atoms with Crippen molar-refractivity contribution in [3.8, 4) is 6.07 Å². The van der Waals surface area contributed by atoms with Crippen LogP contribution >= 0.6 is 0 Å². The van der Waals surface area contributed by atoms with Gasteiger partial charge >= 0.3 is 0 Å². The molecule has 0 saturated carbocycles. The molecule has 2 aromatic carbocycles. The molecule has 1 N–H and O–H groups in total. The van der Waals surface area contributed by atoms with Gasteiger partial charge in [0, 0.05) is 29.7 Å².